The Morgan fingerprint density at radius 1 is 1.47 bits per heavy atom. The van der Waals surface area contributed by atoms with Crippen molar-refractivity contribution >= 4 is 0 Å². The molecule has 86 valence electrons. The molecular formula is C12H22N2O. The minimum absolute atomic E-state index is 0.178. The predicted molar refractivity (Wildman–Crippen MR) is 60.3 cm³/mol. The first kappa shape index (κ1) is 12.5. The first-order valence-corrected chi connectivity index (χ1v) is 5.94. The lowest BCUT2D eigenvalue weighted by Crippen LogP contribution is -2.42. The van der Waals surface area contributed by atoms with Gasteiger partial charge >= 0.3 is 0 Å². The molecule has 0 heterocycles. The summed E-state index contributed by atoms with van der Waals surface area (Å²) < 4.78 is 0. The Hall–Kier alpha value is -0.590. The lowest BCUT2D eigenvalue weighted by Gasteiger charge is -2.31. The molecule has 15 heavy (non-hydrogen) atoms. The van der Waals surface area contributed by atoms with E-state index < -0.39 is 0 Å². The average Bonchev–Trinajstić information content (AvgIpc) is 2.58. The Bertz CT molecular complexity index is 222. The van der Waals surface area contributed by atoms with Crippen LogP contribution in [0.5, 0.6) is 0 Å². The van der Waals surface area contributed by atoms with Crippen LogP contribution in [0.2, 0.25) is 0 Å². The Balaban J connectivity index is 2.50. The van der Waals surface area contributed by atoms with E-state index >= 15 is 0 Å². The van der Waals surface area contributed by atoms with Crippen molar-refractivity contribution in [1.29, 1.82) is 5.26 Å². The summed E-state index contributed by atoms with van der Waals surface area (Å²) >= 11 is 0. The van der Waals surface area contributed by atoms with Crippen molar-refractivity contribution in [2.45, 2.75) is 51.7 Å². The molecule has 2 atom stereocenters. The first-order chi connectivity index (χ1) is 7.15. The maximum Gasteiger partial charge on any atom is 0.0695 e. The molecule has 0 aromatic carbocycles. The molecule has 1 aliphatic carbocycles. The fourth-order valence-electron chi connectivity index (χ4n) is 2.40. The monoisotopic (exact) mass is 210 g/mol. The van der Waals surface area contributed by atoms with Gasteiger partial charge in [-0.15, -0.1) is 0 Å². The standard InChI is InChI=1S/C12H22N2O/c1-10(2)9-14(8-4-7-13)11-5-3-6-12(11)15/h10-12,15H,3-6,8-9H2,1-2H3/t11-,12-/m1/s1. The summed E-state index contributed by atoms with van der Waals surface area (Å²) in [4.78, 5) is 2.30. The molecule has 1 aliphatic rings. The third kappa shape index (κ3) is 3.81. The van der Waals surface area contributed by atoms with Gasteiger partial charge < -0.3 is 5.11 Å². The molecule has 0 spiro atoms. The fraction of sp³-hybridized carbons (Fsp3) is 0.917. The smallest absolute Gasteiger partial charge is 0.0695 e. The van der Waals surface area contributed by atoms with Crippen molar-refractivity contribution in [3.8, 4) is 6.07 Å². The second-order valence-electron chi connectivity index (χ2n) is 4.86. The van der Waals surface area contributed by atoms with Crippen LogP contribution in [0.1, 0.15) is 39.5 Å². The van der Waals surface area contributed by atoms with E-state index in [1.54, 1.807) is 0 Å². The Morgan fingerprint density at radius 3 is 2.67 bits per heavy atom. The van der Waals surface area contributed by atoms with Gasteiger partial charge in [0.25, 0.3) is 0 Å². The number of aliphatic hydroxyl groups excluding tert-OH is 1. The van der Waals surface area contributed by atoms with Gasteiger partial charge in [0.15, 0.2) is 0 Å². The summed E-state index contributed by atoms with van der Waals surface area (Å²) in [6.45, 7) is 6.15. The molecule has 0 aliphatic heterocycles. The van der Waals surface area contributed by atoms with Gasteiger partial charge in [0.1, 0.15) is 0 Å². The van der Waals surface area contributed by atoms with Crippen LogP contribution in [0.25, 0.3) is 0 Å². The normalized spacial score (nSPS) is 26.1. The third-order valence-corrected chi connectivity index (χ3v) is 3.02. The molecule has 3 nitrogen and oxygen atoms in total. The summed E-state index contributed by atoms with van der Waals surface area (Å²) in [5, 5.41) is 18.5. The van der Waals surface area contributed by atoms with Crippen LogP contribution < -0.4 is 0 Å². The maximum absolute atomic E-state index is 9.85. The Kier molecular flexibility index (Phi) is 5.07. The van der Waals surface area contributed by atoms with E-state index in [4.69, 9.17) is 5.26 Å². The number of hydrogen-bond donors (Lipinski definition) is 1. The van der Waals surface area contributed by atoms with Gasteiger partial charge in [-0.05, 0) is 25.2 Å². The van der Waals surface area contributed by atoms with Crippen LogP contribution >= 0.6 is 0 Å². The van der Waals surface area contributed by atoms with Crippen LogP contribution in [-0.2, 0) is 0 Å². The number of nitrogens with zero attached hydrogens (tertiary/aromatic N) is 2. The largest absolute Gasteiger partial charge is 0.391 e. The molecule has 0 aromatic heterocycles. The highest BCUT2D eigenvalue weighted by atomic mass is 16.3. The van der Waals surface area contributed by atoms with Crippen molar-refractivity contribution in [2.75, 3.05) is 13.1 Å². The highest BCUT2D eigenvalue weighted by Gasteiger charge is 2.30. The highest BCUT2D eigenvalue weighted by Crippen LogP contribution is 2.24. The molecule has 1 saturated carbocycles. The topological polar surface area (TPSA) is 47.3 Å². The second-order valence-corrected chi connectivity index (χ2v) is 4.86. The highest BCUT2D eigenvalue weighted by molar-refractivity contribution is 4.87. The van der Waals surface area contributed by atoms with Crippen LogP contribution in [0.3, 0.4) is 0 Å². The quantitative estimate of drug-likeness (QED) is 0.752. The van der Waals surface area contributed by atoms with Crippen molar-refractivity contribution < 1.29 is 5.11 Å². The van der Waals surface area contributed by atoms with Crippen LogP contribution in [0, 0.1) is 17.2 Å². The van der Waals surface area contributed by atoms with Gasteiger partial charge in [0, 0.05) is 25.6 Å². The van der Waals surface area contributed by atoms with Crippen molar-refractivity contribution in [3.63, 3.8) is 0 Å². The van der Waals surface area contributed by atoms with E-state index in [1.165, 1.54) is 0 Å². The fourth-order valence-corrected chi connectivity index (χ4v) is 2.40. The first-order valence-electron chi connectivity index (χ1n) is 5.94. The van der Waals surface area contributed by atoms with E-state index in [-0.39, 0.29) is 6.10 Å². The zero-order valence-electron chi connectivity index (χ0n) is 9.82. The molecule has 0 saturated heterocycles. The minimum atomic E-state index is -0.178. The summed E-state index contributed by atoms with van der Waals surface area (Å²) in [7, 11) is 0. The van der Waals surface area contributed by atoms with Crippen molar-refractivity contribution in [3.05, 3.63) is 0 Å². The second kappa shape index (κ2) is 6.09. The minimum Gasteiger partial charge on any atom is -0.391 e. The Morgan fingerprint density at radius 2 is 2.20 bits per heavy atom. The van der Waals surface area contributed by atoms with Crippen LogP contribution in [0.15, 0.2) is 0 Å². The molecule has 0 bridgehead atoms. The van der Waals surface area contributed by atoms with Gasteiger partial charge in [-0.2, -0.15) is 5.26 Å². The average molecular weight is 210 g/mol. The van der Waals surface area contributed by atoms with Gasteiger partial charge in [-0.3, -0.25) is 4.90 Å². The van der Waals surface area contributed by atoms with E-state index in [2.05, 4.69) is 24.8 Å². The molecule has 3 heteroatoms. The molecule has 1 rings (SSSR count). The molecular weight excluding hydrogens is 188 g/mol. The summed E-state index contributed by atoms with van der Waals surface area (Å²) in [6, 6.07) is 2.48. The summed E-state index contributed by atoms with van der Waals surface area (Å²) in [5.41, 5.74) is 0. The number of aliphatic hydroxyl groups is 1. The number of nitriles is 1. The molecule has 0 radical (unpaired) electrons. The third-order valence-electron chi connectivity index (χ3n) is 3.02. The predicted octanol–water partition coefficient (Wildman–Crippen LogP) is 1.77. The van der Waals surface area contributed by atoms with Crippen molar-refractivity contribution in [2.24, 2.45) is 5.92 Å². The molecule has 0 aromatic rings. The molecule has 0 amide bonds. The Labute approximate surface area is 92.7 Å². The van der Waals surface area contributed by atoms with E-state index in [1.807, 2.05) is 0 Å². The zero-order chi connectivity index (χ0) is 11.3. The van der Waals surface area contributed by atoms with Gasteiger partial charge in [0.2, 0.25) is 0 Å². The maximum atomic E-state index is 9.85. The lowest BCUT2D eigenvalue weighted by atomic mass is 10.1. The number of rotatable bonds is 5. The van der Waals surface area contributed by atoms with Gasteiger partial charge in [0.05, 0.1) is 12.2 Å². The molecule has 1 fully saturated rings. The van der Waals surface area contributed by atoms with Crippen LogP contribution in [-0.4, -0.2) is 35.2 Å². The van der Waals surface area contributed by atoms with Crippen LogP contribution in [0.4, 0.5) is 0 Å². The van der Waals surface area contributed by atoms with E-state index in [9.17, 15) is 5.11 Å². The van der Waals surface area contributed by atoms with E-state index in [0.29, 0.717) is 18.4 Å². The summed E-state index contributed by atoms with van der Waals surface area (Å²) in [6.07, 6.45) is 3.51. The van der Waals surface area contributed by atoms with Gasteiger partial charge in [-0.25, -0.2) is 0 Å². The lowest BCUT2D eigenvalue weighted by molar-refractivity contribution is 0.0648. The van der Waals surface area contributed by atoms with Gasteiger partial charge in [-0.1, -0.05) is 13.8 Å². The molecule has 1 N–H and O–H groups in total. The van der Waals surface area contributed by atoms with Crippen molar-refractivity contribution in [1.82, 2.24) is 4.90 Å². The zero-order valence-corrected chi connectivity index (χ0v) is 9.82. The SMILES string of the molecule is CC(C)CN(CCC#N)[C@@H]1CCC[C@H]1O. The molecule has 0 unspecified atom stereocenters. The summed E-state index contributed by atoms with van der Waals surface area (Å²) in [5.74, 6) is 0.594. The van der Waals surface area contributed by atoms with E-state index in [0.717, 1.165) is 32.4 Å². The number of hydrogen-bond acceptors (Lipinski definition) is 3.